The van der Waals surface area contributed by atoms with Crippen LogP contribution in [0.15, 0.2) is 18.5 Å². The molecule has 0 fully saturated rings. The summed E-state index contributed by atoms with van der Waals surface area (Å²) in [4.78, 5) is 15.4. The highest BCUT2D eigenvalue weighted by atomic mass is 19.3. The number of pyridine rings is 1. The molecule has 0 saturated heterocycles. The number of aromatic nitrogens is 1. The van der Waals surface area contributed by atoms with E-state index in [0.29, 0.717) is 5.56 Å². The molecular weight excluding hydrogens is 242 g/mol. The quantitative estimate of drug-likeness (QED) is 0.782. The second-order valence-electron chi connectivity index (χ2n) is 3.30. The molecule has 0 aromatic carbocycles. The highest BCUT2D eigenvalue weighted by Crippen LogP contribution is 2.05. The lowest BCUT2D eigenvalue weighted by molar-refractivity contribution is 0.0891. The molecule has 1 aromatic heterocycles. The van der Waals surface area contributed by atoms with Gasteiger partial charge in [0.1, 0.15) is 0 Å². The van der Waals surface area contributed by atoms with Crippen LogP contribution >= 0.6 is 0 Å². The van der Waals surface area contributed by atoms with Crippen LogP contribution in [0.2, 0.25) is 0 Å². The van der Waals surface area contributed by atoms with Crippen molar-refractivity contribution in [2.24, 2.45) is 0 Å². The van der Waals surface area contributed by atoms with Crippen molar-refractivity contribution < 1.29 is 18.7 Å². The van der Waals surface area contributed by atoms with E-state index in [-0.39, 0.29) is 18.6 Å². The van der Waals surface area contributed by atoms with E-state index in [1.165, 1.54) is 18.5 Å². The van der Waals surface area contributed by atoms with Crippen molar-refractivity contribution in [2.45, 2.75) is 12.8 Å². The zero-order valence-corrected chi connectivity index (χ0v) is 9.49. The number of hydrogen-bond acceptors (Lipinski definition) is 3. The highest BCUT2D eigenvalue weighted by Gasteiger charge is 2.11. The fraction of sp³-hybridized carbons (Fsp3) is 0.333. The number of aliphatic hydroxyl groups is 1. The molecule has 4 nitrogen and oxygen atoms in total. The van der Waals surface area contributed by atoms with Gasteiger partial charge in [-0.1, -0.05) is 11.8 Å². The summed E-state index contributed by atoms with van der Waals surface area (Å²) in [7, 11) is 0. The molecule has 1 amide bonds. The van der Waals surface area contributed by atoms with Gasteiger partial charge in [0.2, 0.25) is 0 Å². The second-order valence-corrected chi connectivity index (χ2v) is 3.30. The Balaban J connectivity index is 2.82. The van der Waals surface area contributed by atoms with Crippen LogP contribution in [0, 0.1) is 11.8 Å². The van der Waals surface area contributed by atoms with Crippen molar-refractivity contribution in [2.75, 3.05) is 13.2 Å². The summed E-state index contributed by atoms with van der Waals surface area (Å²) in [6, 6.07) is 1.41. The molecule has 0 spiro atoms. The van der Waals surface area contributed by atoms with Crippen LogP contribution in [0.3, 0.4) is 0 Å². The molecule has 0 unspecified atom stereocenters. The maximum absolute atomic E-state index is 12.0. The van der Waals surface area contributed by atoms with E-state index < -0.39 is 18.9 Å². The molecule has 0 aliphatic carbocycles. The number of aliphatic hydroxyl groups excluding tert-OH is 1. The maximum atomic E-state index is 12.0. The van der Waals surface area contributed by atoms with Crippen molar-refractivity contribution in [1.82, 2.24) is 10.3 Å². The average Bonchev–Trinajstić information content (AvgIpc) is 2.37. The molecule has 0 saturated carbocycles. The van der Waals surface area contributed by atoms with Gasteiger partial charge in [-0.15, -0.1) is 0 Å². The topological polar surface area (TPSA) is 62.2 Å². The van der Waals surface area contributed by atoms with Crippen LogP contribution < -0.4 is 5.32 Å². The number of nitrogens with zero attached hydrogens (tertiary/aromatic N) is 1. The third kappa shape index (κ3) is 4.47. The van der Waals surface area contributed by atoms with E-state index in [1.807, 2.05) is 0 Å². The van der Waals surface area contributed by atoms with Crippen molar-refractivity contribution in [3.63, 3.8) is 0 Å². The highest BCUT2D eigenvalue weighted by molar-refractivity contribution is 5.96. The predicted molar refractivity (Wildman–Crippen MR) is 61.2 cm³/mol. The number of hydrogen-bond donors (Lipinski definition) is 2. The van der Waals surface area contributed by atoms with E-state index in [0.717, 1.165) is 0 Å². The van der Waals surface area contributed by atoms with Crippen LogP contribution in [0.4, 0.5) is 8.78 Å². The van der Waals surface area contributed by atoms with Gasteiger partial charge < -0.3 is 10.4 Å². The number of rotatable bonds is 4. The number of nitrogens with one attached hydrogen (secondary N) is 1. The third-order valence-electron chi connectivity index (χ3n) is 1.94. The van der Waals surface area contributed by atoms with Crippen LogP contribution in [0.5, 0.6) is 0 Å². The zero-order valence-electron chi connectivity index (χ0n) is 9.49. The van der Waals surface area contributed by atoms with Gasteiger partial charge in [0.25, 0.3) is 12.3 Å². The fourth-order valence-corrected chi connectivity index (χ4v) is 1.17. The van der Waals surface area contributed by atoms with E-state index in [4.69, 9.17) is 5.11 Å². The predicted octanol–water partition coefficient (Wildman–Crippen LogP) is 0.810. The number of carbonyl (C=O) groups excluding carboxylic acids is 1. The Morgan fingerprint density at radius 2 is 2.33 bits per heavy atom. The van der Waals surface area contributed by atoms with Gasteiger partial charge in [-0.2, -0.15) is 0 Å². The summed E-state index contributed by atoms with van der Waals surface area (Å²) >= 11 is 0. The Morgan fingerprint density at radius 1 is 1.56 bits per heavy atom. The van der Waals surface area contributed by atoms with Crippen LogP contribution in [-0.4, -0.2) is 35.6 Å². The lowest BCUT2D eigenvalue weighted by Gasteiger charge is -2.05. The van der Waals surface area contributed by atoms with Crippen LogP contribution in [-0.2, 0) is 0 Å². The molecule has 1 heterocycles. The number of carbonyl (C=O) groups is 1. The lowest BCUT2D eigenvalue weighted by atomic mass is 10.1. The summed E-state index contributed by atoms with van der Waals surface area (Å²) in [6.45, 7) is -0.787. The fourth-order valence-electron chi connectivity index (χ4n) is 1.17. The number of halogens is 2. The van der Waals surface area contributed by atoms with Gasteiger partial charge in [0.15, 0.2) is 0 Å². The summed E-state index contributed by atoms with van der Waals surface area (Å²) in [5.74, 6) is 4.69. The van der Waals surface area contributed by atoms with Crippen molar-refractivity contribution in [1.29, 1.82) is 0 Å². The Labute approximate surface area is 103 Å². The zero-order chi connectivity index (χ0) is 13.4. The minimum Gasteiger partial charge on any atom is -0.395 e. The molecule has 18 heavy (non-hydrogen) atoms. The molecule has 0 bridgehead atoms. The van der Waals surface area contributed by atoms with Gasteiger partial charge in [-0.05, 0) is 6.07 Å². The van der Waals surface area contributed by atoms with E-state index in [9.17, 15) is 13.6 Å². The largest absolute Gasteiger partial charge is 0.395 e. The van der Waals surface area contributed by atoms with Gasteiger partial charge in [-0.3, -0.25) is 9.78 Å². The molecule has 0 radical (unpaired) electrons. The molecule has 96 valence electrons. The van der Waals surface area contributed by atoms with Gasteiger partial charge in [-0.25, -0.2) is 8.78 Å². The first kappa shape index (κ1) is 14.1. The number of amides is 1. The molecule has 1 rings (SSSR count). The Kier molecular flexibility index (Phi) is 5.74. The van der Waals surface area contributed by atoms with E-state index in [2.05, 4.69) is 22.1 Å². The first-order chi connectivity index (χ1) is 8.65. The molecule has 1 aromatic rings. The Hall–Kier alpha value is -2.00. The minimum absolute atomic E-state index is 0.0832. The smallest absolute Gasteiger partial charge is 0.255 e. The van der Waals surface area contributed by atoms with Crippen molar-refractivity contribution >= 4 is 5.91 Å². The van der Waals surface area contributed by atoms with Gasteiger partial charge in [0.05, 0.1) is 24.3 Å². The third-order valence-corrected chi connectivity index (χ3v) is 1.94. The van der Waals surface area contributed by atoms with Crippen LogP contribution in [0.25, 0.3) is 0 Å². The molecule has 0 aliphatic heterocycles. The van der Waals surface area contributed by atoms with Crippen LogP contribution in [0.1, 0.15) is 22.3 Å². The SMILES string of the molecule is O=C(NCC(F)F)c1ccncc1C#CCCO. The summed E-state index contributed by atoms with van der Waals surface area (Å²) in [5, 5.41) is 10.7. The Morgan fingerprint density at radius 3 is 3.00 bits per heavy atom. The number of alkyl halides is 2. The Bertz CT molecular complexity index is 467. The summed E-state index contributed by atoms with van der Waals surface area (Å²) in [6.07, 6.45) is 0.433. The standard InChI is InChI=1S/C12H12F2N2O2/c13-11(14)8-16-12(18)10-4-5-15-7-9(10)3-1-2-6-17/h4-5,7,11,17H,2,6,8H2,(H,16,18). The van der Waals surface area contributed by atoms with Gasteiger partial charge >= 0.3 is 0 Å². The molecule has 2 N–H and O–H groups in total. The van der Waals surface area contributed by atoms with Gasteiger partial charge in [0, 0.05) is 18.8 Å². The van der Waals surface area contributed by atoms with Crippen molar-refractivity contribution in [3.8, 4) is 11.8 Å². The lowest BCUT2D eigenvalue weighted by Crippen LogP contribution is -2.29. The minimum atomic E-state index is -2.60. The molecule has 0 atom stereocenters. The summed E-state index contributed by atoms with van der Waals surface area (Å²) in [5.41, 5.74) is 0.536. The average molecular weight is 254 g/mol. The molecule has 6 heteroatoms. The van der Waals surface area contributed by atoms with E-state index in [1.54, 1.807) is 0 Å². The maximum Gasteiger partial charge on any atom is 0.255 e. The first-order valence-electron chi connectivity index (χ1n) is 5.25. The summed E-state index contributed by atoms with van der Waals surface area (Å²) < 4.78 is 24.0. The molecular formula is C12H12F2N2O2. The molecule has 0 aliphatic rings. The second kappa shape index (κ2) is 7.35. The van der Waals surface area contributed by atoms with Crippen molar-refractivity contribution in [3.05, 3.63) is 29.6 Å². The first-order valence-corrected chi connectivity index (χ1v) is 5.25. The van der Waals surface area contributed by atoms with E-state index >= 15 is 0 Å². The monoisotopic (exact) mass is 254 g/mol. The normalized spacial score (nSPS) is 9.78.